The Balaban J connectivity index is 2.15. The molecule has 0 saturated heterocycles. The molecule has 0 amide bonds. The van der Waals surface area contributed by atoms with E-state index in [-0.39, 0.29) is 0 Å². The summed E-state index contributed by atoms with van der Waals surface area (Å²) in [5.41, 5.74) is 3.07. The van der Waals surface area contributed by atoms with Crippen molar-refractivity contribution in [3.63, 3.8) is 0 Å². The van der Waals surface area contributed by atoms with Crippen molar-refractivity contribution in [3.05, 3.63) is 59.7 Å². The van der Waals surface area contributed by atoms with Gasteiger partial charge in [0.1, 0.15) is 0 Å². The number of aryl methyl sites for hydroxylation is 1. The summed E-state index contributed by atoms with van der Waals surface area (Å²) < 4.78 is 23.4. The molecule has 0 heterocycles. The van der Waals surface area contributed by atoms with Gasteiger partial charge < -0.3 is 5.32 Å². The van der Waals surface area contributed by atoms with Crippen LogP contribution in [0.1, 0.15) is 18.1 Å². The van der Waals surface area contributed by atoms with Gasteiger partial charge in [-0.05, 0) is 29.7 Å². The van der Waals surface area contributed by atoms with Crippen molar-refractivity contribution in [2.75, 3.05) is 11.6 Å². The average Bonchev–Trinajstić information content (AvgIpc) is 2.45. The van der Waals surface area contributed by atoms with Gasteiger partial charge in [0.15, 0.2) is 9.84 Å². The molecule has 0 radical (unpaired) electrons. The smallest absolute Gasteiger partial charge is 0.177 e. The fraction of sp³-hybridized carbons (Fsp3) is 0.250. The largest absolute Gasteiger partial charge is 0.380 e. The van der Waals surface area contributed by atoms with Crippen molar-refractivity contribution in [1.29, 1.82) is 0 Å². The Morgan fingerprint density at radius 1 is 0.950 bits per heavy atom. The van der Waals surface area contributed by atoms with E-state index in [1.54, 1.807) is 18.2 Å². The SMILES string of the molecule is CCc1ccc(CNc2ccccc2S(C)(=O)=O)cc1. The molecule has 0 aromatic heterocycles. The van der Waals surface area contributed by atoms with Crippen LogP contribution < -0.4 is 5.32 Å². The molecule has 2 aromatic rings. The second kappa shape index (κ2) is 6.09. The highest BCUT2D eigenvalue weighted by Crippen LogP contribution is 2.21. The second-order valence-electron chi connectivity index (χ2n) is 4.79. The van der Waals surface area contributed by atoms with Gasteiger partial charge in [0.25, 0.3) is 0 Å². The molecule has 0 aliphatic carbocycles. The van der Waals surface area contributed by atoms with E-state index in [2.05, 4.69) is 36.5 Å². The summed E-state index contributed by atoms with van der Waals surface area (Å²) in [5, 5.41) is 3.19. The van der Waals surface area contributed by atoms with Crippen LogP contribution in [0.3, 0.4) is 0 Å². The van der Waals surface area contributed by atoms with Gasteiger partial charge in [-0.1, -0.05) is 43.3 Å². The highest BCUT2D eigenvalue weighted by atomic mass is 32.2. The fourth-order valence-electron chi connectivity index (χ4n) is 2.03. The molecule has 0 unspecified atom stereocenters. The summed E-state index contributed by atoms with van der Waals surface area (Å²) in [5.74, 6) is 0. The number of benzene rings is 2. The maximum Gasteiger partial charge on any atom is 0.177 e. The van der Waals surface area contributed by atoms with E-state index < -0.39 is 9.84 Å². The Hall–Kier alpha value is -1.81. The zero-order chi connectivity index (χ0) is 14.6. The predicted octanol–water partition coefficient (Wildman–Crippen LogP) is 3.26. The summed E-state index contributed by atoms with van der Waals surface area (Å²) in [6.07, 6.45) is 2.24. The molecule has 2 aromatic carbocycles. The number of rotatable bonds is 5. The molecule has 3 nitrogen and oxygen atoms in total. The Bertz CT molecular complexity index is 676. The number of hydrogen-bond donors (Lipinski definition) is 1. The Labute approximate surface area is 120 Å². The van der Waals surface area contributed by atoms with Crippen molar-refractivity contribution in [1.82, 2.24) is 0 Å². The van der Waals surface area contributed by atoms with E-state index in [0.29, 0.717) is 17.1 Å². The topological polar surface area (TPSA) is 46.2 Å². The summed E-state index contributed by atoms with van der Waals surface area (Å²) in [6, 6.07) is 15.3. The van der Waals surface area contributed by atoms with Gasteiger partial charge in [0.2, 0.25) is 0 Å². The molecule has 0 fully saturated rings. The summed E-state index contributed by atoms with van der Waals surface area (Å²) in [6.45, 7) is 2.73. The van der Waals surface area contributed by atoms with Crippen molar-refractivity contribution in [2.45, 2.75) is 24.8 Å². The van der Waals surface area contributed by atoms with Gasteiger partial charge in [-0.25, -0.2) is 8.42 Å². The van der Waals surface area contributed by atoms with Crippen LogP contribution in [0.2, 0.25) is 0 Å². The highest BCUT2D eigenvalue weighted by Gasteiger charge is 2.11. The van der Waals surface area contributed by atoms with Crippen LogP contribution in [0.5, 0.6) is 0 Å². The van der Waals surface area contributed by atoms with E-state index in [1.807, 2.05) is 6.07 Å². The van der Waals surface area contributed by atoms with E-state index in [1.165, 1.54) is 11.8 Å². The van der Waals surface area contributed by atoms with Crippen LogP contribution in [0.4, 0.5) is 5.69 Å². The van der Waals surface area contributed by atoms with Gasteiger partial charge in [0, 0.05) is 12.8 Å². The van der Waals surface area contributed by atoms with Crippen molar-refractivity contribution in [2.24, 2.45) is 0 Å². The molecule has 2 rings (SSSR count). The first-order valence-electron chi connectivity index (χ1n) is 6.61. The molecule has 0 aliphatic heterocycles. The lowest BCUT2D eigenvalue weighted by atomic mass is 10.1. The Kier molecular flexibility index (Phi) is 4.45. The van der Waals surface area contributed by atoms with Crippen LogP contribution in [-0.4, -0.2) is 14.7 Å². The molecule has 0 saturated carbocycles. The van der Waals surface area contributed by atoms with Gasteiger partial charge in [-0.2, -0.15) is 0 Å². The maximum atomic E-state index is 11.7. The Morgan fingerprint density at radius 3 is 2.15 bits per heavy atom. The summed E-state index contributed by atoms with van der Waals surface area (Å²) >= 11 is 0. The first-order chi connectivity index (χ1) is 9.50. The van der Waals surface area contributed by atoms with Crippen LogP contribution in [0.25, 0.3) is 0 Å². The highest BCUT2D eigenvalue weighted by molar-refractivity contribution is 7.90. The molecule has 0 bridgehead atoms. The zero-order valence-corrected chi connectivity index (χ0v) is 12.6. The Morgan fingerprint density at radius 2 is 1.55 bits per heavy atom. The fourth-order valence-corrected chi connectivity index (χ4v) is 2.89. The van der Waals surface area contributed by atoms with Gasteiger partial charge in [-0.3, -0.25) is 0 Å². The summed E-state index contributed by atoms with van der Waals surface area (Å²) in [4.78, 5) is 0.338. The quantitative estimate of drug-likeness (QED) is 0.919. The molecule has 106 valence electrons. The van der Waals surface area contributed by atoms with Gasteiger partial charge in [0.05, 0.1) is 10.6 Å². The molecular weight excluding hydrogens is 270 g/mol. The third-order valence-corrected chi connectivity index (χ3v) is 4.36. The number of hydrogen-bond acceptors (Lipinski definition) is 3. The third-order valence-electron chi connectivity index (χ3n) is 3.20. The third kappa shape index (κ3) is 3.61. The van der Waals surface area contributed by atoms with E-state index in [0.717, 1.165) is 12.0 Å². The normalized spacial score (nSPS) is 11.3. The lowest BCUT2D eigenvalue weighted by Gasteiger charge is -2.11. The van der Waals surface area contributed by atoms with E-state index in [4.69, 9.17) is 0 Å². The minimum Gasteiger partial charge on any atom is -0.380 e. The van der Waals surface area contributed by atoms with Crippen LogP contribution in [0.15, 0.2) is 53.4 Å². The molecule has 4 heteroatoms. The van der Waals surface area contributed by atoms with E-state index >= 15 is 0 Å². The van der Waals surface area contributed by atoms with E-state index in [9.17, 15) is 8.42 Å². The molecule has 0 spiro atoms. The monoisotopic (exact) mass is 289 g/mol. The average molecular weight is 289 g/mol. The molecule has 20 heavy (non-hydrogen) atoms. The molecule has 0 atom stereocenters. The minimum atomic E-state index is -3.21. The standard InChI is InChI=1S/C16H19NO2S/c1-3-13-8-10-14(11-9-13)12-17-15-6-4-5-7-16(15)20(2,18)19/h4-11,17H,3,12H2,1-2H3. The predicted molar refractivity (Wildman–Crippen MR) is 82.7 cm³/mol. The van der Waals surface area contributed by atoms with Gasteiger partial charge >= 0.3 is 0 Å². The zero-order valence-electron chi connectivity index (χ0n) is 11.8. The van der Waals surface area contributed by atoms with Crippen molar-refractivity contribution in [3.8, 4) is 0 Å². The number of anilines is 1. The van der Waals surface area contributed by atoms with Crippen LogP contribution in [-0.2, 0) is 22.8 Å². The molecule has 1 N–H and O–H groups in total. The number of sulfone groups is 1. The summed E-state index contributed by atoms with van der Waals surface area (Å²) in [7, 11) is -3.21. The number of para-hydroxylation sites is 1. The van der Waals surface area contributed by atoms with Crippen LogP contribution >= 0.6 is 0 Å². The number of nitrogens with one attached hydrogen (secondary N) is 1. The first-order valence-corrected chi connectivity index (χ1v) is 8.50. The lowest BCUT2D eigenvalue weighted by molar-refractivity contribution is 0.602. The molecular formula is C16H19NO2S. The second-order valence-corrected chi connectivity index (χ2v) is 6.78. The minimum absolute atomic E-state index is 0.338. The van der Waals surface area contributed by atoms with Crippen molar-refractivity contribution < 1.29 is 8.42 Å². The van der Waals surface area contributed by atoms with Crippen molar-refractivity contribution >= 4 is 15.5 Å². The van der Waals surface area contributed by atoms with Gasteiger partial charge in [-0.15, -0.1) is 0 Å². The molecule has 0 aliphatic rings. The first kappa shape index (κ1) is 14.6. The maximum absolute atomic E-state index is 11.7. The van der Waals surface area contributed by atoms with Crippen LogP contribution in [0, 0.1) is 0 Å². The lowest BCUT2D eigenvalue weighted by Crippen LogP contribution is -2.06.